The number of fused-ring (bicyclic) bond motifs is 1. The minimum atomic E-state index is -0.270. The summed E-state index contributed by atoms with van der Waals surface area (Å²) in [6, 6.07) is 9.62. The van der Waals surface area contributed by atoms with E-state index in [1.165, 1.54) is 6.20 Å². The number of nitrogens with two attached hydrogens (primary N) is 1. The van der Waals surface area contributed by atoms with Gasteiger partial charge in [0.1, 0.15) is 11.6 Å². The summed E-state index contributed by atoms with van der Waals surface area (Å²) >= 11 is 0. The third-order valence-electron chi connectivity index (χ3n) is 7.31. The van der Waals surface area contributed by atoms with Crippen LogP contribution in [0.25, 0.3) is 16.0 Å². The van der Waals surface area contributed by atoms with Gasteiger partial charge in [-0.15, -0.1) is 0 Å². The molecule has 8 heteroatoms. The van der Waals surface area contributed by atoms with E-state index in [2.05, 4.69) is 45.8 Å². The number of hydrogen-bond acceptors (Lipinski definition) is 6. The number of ether oxygens (including phenoxy) is 1. The first-order valence-corrected chi connectivity index (χ1v) is 13.2. The molecule has 198 valence electrons. The Morgan fingerprint density at radius 1 is 1.21 bits per heavy atom. The van der Waals surface area contributed by atoms with Gasteiger partial charge in [0.15, 0.2) is 0 Å². The maximum atomic E-state index is 14.0. The second-order valence-electron chi connectivity index (χ2n) is 9.73. The zero-order valence-corrected chi connectivity index (χ0v) is 22.9. The van der Waals surface area contributed by atoms with Gasteiger partial charge in [-0.3, -0.25) is 9.78 Å². The number of likely N-dealkylation sites (N-methyl/N-ethyl adjacent to an activating group) is 1. The molecule has 3 heterocycles. The topological polar surface area (TPSA) is 88.9 Å². The van der Waals surface area contributed by atoms with Gasteiger partial charge in [-0.25, -0.2) is 9.83 Å². The number of amides is 1. The third-order valence-corrected chi connectivity index (χ3v) is 7.31. The Labute approximate surface area is 225 Å². The molecule has 2 aromatic heterocycles. The Bertz CT molecular complexity index is 1380. The Kier molecular flexibility index (Phi) is 8.28. The number of hydrogen-bond donors (Lipinski definition) is 1. The highest BCUT2D eigenvalue weighted by Gasteiger charge is 2.32. The molecule has 0 unspecified atom stereocenters. The predicted molar refractivity (Wildman–Crippen MR) is 151 cm³/mol. The second-order valence-corrected chi connectivity index (χ2v) is 9.73. The van der Waals surface area contributed by atoms with Crippen LogP contribution in [0.1, 0.15) is 59.7 Å². The van der Waals surface area contributed by atoms with Gasteiger partial charge in [-0.2, -0.15) is 0 Å². The van der Waals surface area contributed by atoms with Crippen molar-refractivity contribution in [3.63, 3.8) is 0 Å². The molecule has 0 saturated carbocycles. The molecule has 0 radical (unpaired) electrons. The molecule has 3 aromatic rings. The van der Waals surface area contributed by atoms with Gasteiger partial charge in [0, 0.05) is 36.1 Å². The monoisotopic (exact) mass is 512 g/mol. The fourth-order valence-corrected chi connectivity index (χ4v) is 4.97. The molecular formula is C30H36N6O2. The van der Waals surface area contributed by atoms with Crippen molar-refractivity contribution in [2.24, 2.45) is 0 Å². The van der Waals surface area contributed by atoms with Crippen molar-refractivity contribution < 1.29 is 9.53 Å². The van der Waals surface area contributed by atoms with Crippen LogP contribution >= 0.6 is 0 Å². The average molecular weight is 513 g/mol. The van der Waals surface area contributed by atoms with E-state index in [-0.39, 0.29) is 11.9 Å². The van der Waals surface area contributed by atoms with Crippen LogP contribution in [0, 0.1) is 13.5 Å². The Morgan fingerprint density at radius 3 is 2.66 bits per heavy atom. The molecule has 1 amide bonds. The normalized spacial score (nSPS) is 13.8. The number of benzene rings is 1. The van der Waals surface area contributed by atoms with Gasteiger partial charge in [-0.05, 0) is 88.2 Å². The molecule has 1 aliphatic rings. The molecule has 2 N–H and O–H groups in total. The van der Waals surface area contributed by atoms with Crippen molar-refractivity contribution in [1.29, 1.82) is 0 Å². The first kappa shape index (κ1) is 27.1. The number of pyridine rings is 2. The number of aromatic nitrogens is 2. The first-order chi connectivity index (χ1) is 18.3. The average Bonchev–Trinajstić information content (AvgIpc) is 2.91. The van der Waals surface area contributed by atoms with E-state index in [1.54, 1.807) is 6.07 Å². The Balaban J connectivity index is 1.74. The maximum Gasteiger partial charge on any atom is 0.254 e. The van der Waals surface area contributed by atoms with Crippen molar-refractivity contribution in [3.05, 3.63) is 76.0 Å². The molecule has 1 aromatic carbocycles. The molecule has 0 saturated heterocycles. The van der Waals surface area contributed by atoms with Crippen LogP contribution in [-0.2, 0) is 12.8 Å². The van der Waals surface area contributed by atoms with Crippen molar-refractivity contribution >= 4 is 17.4 Å². The summed E-state index contributed by atoms with van der Waals surface area (Å²) in [5.41, 5.74) is 12.8. The van der Waals surface area contributed by atoms with Crippen LogP contribution in [0.5, 0.6) is 5.75 Å². The van der Waals surface area contributed by atoms with Crippen molar-refractivity contribution in [1.82, 2.24) is 19.8 Å². The van der Waals surface area contributed by atoms with Crippen molar-refractivity contribution in [2.75, 3.05) is 39.0 Å². The highest BCUT2D eigenvalue weighted by atomic mass is 16.5. The van der Waals surface area contributed by atoms with Gasteiger partial charge in [0.05, 0.1) is 24.9 Å². The highest BCUT2D eigenvalue weighted by Crippen LogP contribution is 2.37. The number of carbonyl (C=O) groups excluding carboxylic acids is 1. The Hall–Kier alpha value is -3.96. The summed E-state index contributed by atoms with van der Waals surface area (Å²) in [7, 11) is 2.10. The molecular weight excluding hydrogens is 476 g/mol. The number of rotatable bonds is 9. The fourth-order valence-electron chi connectivity index (χ4n) is 4.97. The molecule has 0 fully saturated rings. The van der Waals surface area contributed by atoms with Crippen molar-refractivity contribution in [3.8, 4) is 16.9 Å². The van der Waals surface area contributed by atoms with Crippen LogP contribution in [-0.4, -0.2) is 59.0 Å². The number of carbonyl (C=O) groups is 1. The van der Waals surface area contributed by atoms with E-state index in [4.69, 9.17) is 17.0 Å². The van der Waals surface area contributed by atoms with E-state index < -0.39 is 0 Å². The standard InChI is InChI=1S/C30H36N6O2/c1-7-35(6)13-11-21-15-24(22-9-10-29(31)34-19(22)3)23-12-14-36(30(37)25(23)16-21)20(4)26-17-28(38-8-2)27(32-5)18-33-26/h9-10,15-18,20H,7-8,11-14H2,1-4,6H3,(H2,31,34)/t20-/m0/s1. The molecule has 1 atom stereocenters. The van der Waals surface area contributed by atoms with Gasteiger partial charge in [0.25, 0.3) is 5.91 Å². The highest BCUT2D eigenvalue weighted by molar-refractivity contribution is 5.99. The number of nitrogen functional groups attached to an aromatic ring is 1. The minimum absolute atomic E-state index is 0.0132. The van der Waals surface area contributed by atoms with Crippen LogP contribution in [0.3, 0.4) is 0 Å². The largest absolute Gasteiger partial charge is 0.505 e. The molecule has 38 heavy (non-hydrogen) atoms. The lowest BCUT2D eigenvalue weighted by Crippen LogP contribution is -2.40. The first-order valence-electron chi connectivity index (χ1n) is 13.2. The minimum Gasteiger partial charge on any atom is -0.505 e. The van der Waals surface area contributed by atoms with Crippen LogP contribution in [0.4, 0.5) is 11.5 Å². The summed E-state index contributed by atoms with van der Waals surface area (Å²) in [4.78, 5) is 30.6. The lowest BCUT2D eigenvalue weighted by Gasteiger charge is -2.35. The van der Waals surface area contributed by atoms with Crippen molar-refractivity contribution in [2.45, 2.75) is 46.6 Å². The number of aryl methyl sites for hydroxylation is 1. The van der Waals surface area contributed by atoms with E-state index in [9.17, 15) is 4.79 Å². The molecule has 1 aliphatic heterocycles. The number of nitrogens with zero attached hydrogens (tertiary/aromatic N) is 5. The fraction of sp³-hybridized carbons (Fsp3) is 0.400. The number of anilines is 1. The van der Waals surface area contributed by atoms with E-state index in [0.717, 1.165) is 59.4 Å². The zero-order valence-electron chi connectivity index (χ0n) is 22.9. The van der Waals surface area contributed by atoms with Crippen LogP contribution in [0.2, 0.25) is 0 Å². The summed E-state index contributed by atoms with van der Waals surface area (Å²) in [5.74, 6) is 0.973. The lowest BCUT2D eigenvalue weighted by molar-refractivity contribution is 0.0669. The van der Waals surface area contributed by atoms with E-state index >= 15 is 0 Å². The Morgan fingerprint density at radius 2 is 1.97 bits per heavy atom. The molecule has 0 spiro atoms. The van der Waals surface area contributed by atoms with Crippen LogP contribution in [0.15, 0.2) is 36.5 Å². The van der Waals surface area contributed by atoms with Gasteiger partial charge < -0.3 is 20.3 Å². The molecule has 0 aliphatic carbocycles. The summed E-state index contributed by atoms with van der Waals surface area (Å²) < 4.78 is 5.67. The zero-order chi connectivity index (χ0) is 27.4. The molecule has 0 bridgehead atoms. The van der Waals surface area contributed by atoms with Gasteiger partial charge >= 0.3 is 0 Å². The summed E-state index contributed by atoms with van der Waals surface area (Å²) in [6.07, 6.45) is 3.09. The predicted octanol–water partition coefficient (Wildman–Crippen LogP) is 5.24. The van der Waals surface area contributed by atoms with Crippen LogP contribution < -0.4 is 10.5 Å². The quantitative estimate of drug-likeness (QED) is 0.395. The van der Waals surface area contributed by atoms with E-state index in [0.29, 0.717) is 36.1 Å². The van der Waals surface area contributed by atoms with Gasteiger partial charge in [-0.1, -0.05) is 13.0 Å². The maximum absolute atomic E-state index is 14.0. The van der Waals surface area contributed by atoms with Gasteiger partial charge in [0.2, 0.25) is 5.69 Å². The molecule has 4 rings (SSSR count). The third kappa shape index (κ3) is 5.48. The molecule has 8 nitrogen and oxygen atoms in total. The summed E-state index contributed by atoms with van der Waals surface area (Å²) in [6.45, 7) is 18.2. The second kappa shape index (κ2) is 11.6. The lowest BCUT2D eigenvalue weighted by atomic mass is 9.86. The smallest absolute Gasteiger partial charge is 0.254 e. The van der Waals surface area contributed by atoms with E-state index in [1.807, 2.05) is 37.8 Å². The SMILES string of the molecule is [C-]#[N+]c1cnc([C@H](C)N2CCc3c(cc(CCN(C)CC)cc3-c3ccc(N)nc3C)C2=O)cc1OCC. The summed E-state index contributed by atoms with van der Waals surface area (Å²) in [5, 5.41) is 0.